The topological polar surface area (TPSA) is 66.5 Å². The van der Waals surface area contributed by atoms with Gasteiger partial charge in [-0.3, -0.25) is 9.69 Å². The van der Waals surface area contributed by atoms with Crippen LogP contribution < -0.4 is 5.32 Å². The maximum absolute atomic E-state index is 11.8. The van der Waals surface area contributed by atoms with Crippen LogP contribution >= 0.6 is 0 Å². The van der Waals surface area contributed by atoms with Gasteiger partial charge in [0.1, 0.15) is 0 Å². The van der Waals surface area contributed by atoms with Crippen LogP contribution in [0.3, 0.4) is 0 Å². The third-order valence-electron chi connectivity index (χ3n) is 5.37. The first kappa shape index (κ1) is 17.4. The fraction of sp³-hybridized carbons (Fsp3) is 0.611. The number of carbonyl (C=O) groups excluding carboxylic acids is 1. The van der Waals surface area contributed by atoms with E-state index < -0.39 is 9.84 Å². The van der Waals surface area contributed by atoms with Crippen LogP contribution in [0.15, 0.2) is 29.2 Å². The molecule has 6 heteroatoms. The summed E-state index contributed by atoms with van der Waals surface area (Å²) in [5, 5.41) is 3.22. The molecule has 0 radical (unpaired) electrons. The highest BCUT2D eigenvalue weighted by molar-refractivity contribution is 7.90. The van der Waals surface area contributed by atoms with Gasteiger partial charge in [-0.15, -0.1) is 0 Å². The van der Waals surface area contributed by atoms with Crippen LogP contribution in [0.2, 0.25) is 0 Å². The number of nitrogens with zero attached hydrogens (tertiary/aromatic N) is 1. The normalized spacial score (nSPS) is 28.8. The molecule has 2 aliphatic rings. The SMILES string of the molecule is C[C@]12CCCCN(Cc3ccc(S(C)(=O)=O)cc3)[C@H]1CCC(=O)N2. The zero-order valence-corrected chi connectivity index (χ0v) is 15.2. The van der Waals surface area contributed by atoms with Gasteiger partial charge >= 0.3 is 0 Å². The van der Waals surface area contributed by atoms with Crippen LogP contribution in [0, 0.1) is 0 Å². The van der Waals surface area contributed by atoms with Crippen molar-refractivity contribution in [3.63, 3.8) is 0 Å². The molecule has 1 aromatic carbocycles. The van der Waals surface area contributed by atoms with Gasteiger partial charge in [0.05, 0.1) is 10.4 Å². The summed E-state index contributed by atoms with van der Waals surface area (Å²) < 4.78 is 23.2. The van der Waals surface area contributed by atoms with E-state index in [0.717, 1.165) is 44.3 Å². The van der Waals surface area contributed by atoms with Crippen molar-refractivity contribution in [2.45, 2.75) is 62.0 Å². The number of carbonyl (C=O) groups is 1. The summed E-state index contributed by atoms with van der Waals surface area (Å²) >= 11 is 0. The molecule has 0 aliphatic carbocycles. The monoisotopic (exact) mass is 350 g/mol. The molecule has 1 aromatic rings. The van der Waals surface area contributed by atoms with Crippen LogP contribution in [-0.4, -0.2) is 43.6 Å². The first-order valence-electron chi connectivity index (χ1n) is 8.62. The lowest BCUT2D eigenvalue weighted by molar-refractivity contribution is -0.127. The molecule has 2 aliphatic heterocycles. The molecular formula is C18H26N2O3S. The Morgan fingerprint density at radius 1 is 1.25 bits per heavy atom. The molecule has 5 nitrogen and oxygen atoms in total. The van der Waals surface area contributed by atoms with E-state index in [1.54, 1.807) is 12.1 Å². The maximum Gasteiger partial charge on any atom is 0.220 e. The van der Waals surface area contributed by atoms with E-state index in [4.69, 9.17) is 0 Å². The molecule has 0 aromatic heterocycles. The van der Waals surface area contributed by atoms with E-state index >= 15 is 0 Å². The van der Waals surface area contributed by atoms with Crippen LogP contribution in [0.5, 0.6) is 0 Å². The van der Waals surface area contributed by atoms with Crippen molar-refractivity contribution >= 4 is 15.7 Å². The second-order valence-electron chi connectivity index (χ2n) is 7.36. The van der Waals surface area contributed by atoms with Gasteiger partial charge in [-0.25, -0.2) is 8.42 Å². The summed E-state index contributed by atoms with van der Waals surface area (Å²) in [5.74, 6) is 0.160. The third kappa shape index (κ3) is 3.64. The van der Waals surface area contributed by atoms with E-state index in [2.05, 4.69) is 17.1 Å². The minimum absolute atomic E-state index is 0.154. The van der Waals surface area contributed by atoms with Crippen molar-refractivity contribution in [1.29, 1.82) is 0 Å². The van der Waals surface area contributed by atoms with Gasteiger partial charge < -0.3 is 5.32 Å². The standard InChI is InChI=1S/C18H26N2O3S/c1-18-11-3-4-12-20(16(18)9-10-17(21)19-18)13-14-5-7-15(8-6-14)24(2,22)23/h5-8,16H,3-4,9-13H2,1-2H3,(H,19,21)/t16-,18-/m0/s1. The predicted molar refractivity (Wildman–Crippen MR) is 93.4 cm³/mol. The molecule has 2 saturated heterocycles. The largest absolute Gasteiger partial charge is 0.349 e. The number of piperidine rings is 1. The molecule has 1 N–H and O–H groups in total. The molecule has 0 saturated carbocycles. The Hall–Kier alpha value is -1.40. The van der Waals surface area contributed by atoms with Crippen LogP contribution in [0.1, 0.15) is 44.6 Å². The quantitative estimate of drug-likeness (QED) is 0.907. The molecule has 0 spiro atoms. The number of nitrogens with one attached hydrogen (secondary N) is 1. The fourth-order valence-electron chi connectivity index (χ4n) is 4.09. The zero-order valence-electron chi connectivity index (χ0n) is 14.4. The lowest BCUT2D eigenvalue weighted by atomic mass is 9.81. The van der Waals surface area contributed by atoms with Gasteiger partial charge in [0.25, 0.3) is 0 Å². The summed E-state index contributed by atoms with van der Waals surface area (Å²) in [6.07, 6.45) is 5.98. The number of rotatable bonds is 3. The molecule has 0 unspecified atom stereocenters. The zero-order chi connectivity index (χ0) is 17.4. The number of fused-ring (bicyclic) bond motifs is 1. The van der Waals surface area contributed by atoms with Gasteiger partial charge in [-0.05, 0) is 56.8 Å². The second-order valence-corrected chi connectivity index (χ2v) is 9.38. The lowest BCUT2D eigenvalue weighted by Gasteiger charge is -2.46. The summed E-state index contributed by atoms with van der Waals surface area (Å²) in [7, 11) is -3.15. The highest BCUT2D eigenvalue weighted by atomic mass is 32.2. The Morgan fingerprint density at radius 2 is 1.96 bits per heavy atom. The number of sulfone groups is 1. The molecular weight excluding hydrogens is 324 g/mol. The molecule has 24 heavy (non-hydrogen) atoms. The minimum atomic E-state index is -3.15. The summed E-state index contributed by atoms with van der Waals surface area (Å²) in [6.45, 7) is 3.98. The number of likely N-dealkylation sites (tertiary alicyclic amines) is 1. The van der Waals surface area contributed by atoms with Crippen molar-refractivity contribution in [3.8, 4) is 0 Å². The highest BCUT2D eigenvalue weighted by Crippen LogP contribution is 2.33. The number of hydrogen-bond acceptors (Lipinski definition) is 4. The number of hydrogen-bond donors (Lipinski definition) is 1. The molecule has 132 valence electrons. The smallest absolute Gasteiger partial charge is 0.220 e. The van der Waals surface area contributed by atoms with Crippen molar-refractivity contribution < 1.29 is 13.2 Å². The molecule has 3 rings (SSSR count). The highest BCUT2D eigenvalue weighted by Gasteiger charge is 2.43. The summed E-state index contributed by atoms with van der Waals surface area (Å²) in [6, 6.07) is 7.52. The molecule has 2 atom stereocenters. The van der Waals surface area contributed by atoms with Gasteiger partial charge in [0, 0.05) is 25.3 Å². The third-order valence-corrected chi connectivity index (χ3v) is 6.50. The van der Waals surface area contributed by atoms with Crippen LogP contribution in [0.25, 0.3) is 0 Å². The predicted octanol–water partition coefficient (Wildman–Crippen LogP) is 2.11. The van der Waals surface area contributed by atoms with E-state index in [1.165, 1.54) is 6.26 Å². The van der Waals surface area contributed by atoms with Crippen molar-refractivity contribution in [3.05, 3.63) is 29.8 Å². The van der Waals surface area contributed by atoms with Gasteiger partial charge in [0.2, 0.25) is 5.91 Å². The van der Waals surface area contributed by atoms with Crippen LogP contribution in [0.4, 0.5) is 0 Å². The van der Waals surface area contributed by atoms with Gasteiger partial charge in [-0.1, -0.05) is 12.1 Å². The molecule has 0 bridgehead atoms. The first-order chi connectivity index (χ1) is 11.3. The molecule has 1 amide bonds. The van der Waals surface area contributed by atoms with Gasteiger partial charge in [-0.2, -0.15) is 0 Å². The first-order valence-corrected chi connectivity index (χ1v) is 10.5. The Bertz CT molecular complexity index is 714. The van der Waals surface area contributed by atoms with E-state index in [0.29, 0.717) is 17.4 Å². The van der Waals surface area contributed by atoms with Gasteiger partial charge in [0.15, 0.2) is 9.84 Å². The average molecular weight is 350 g/mol. The average Bonchev–Trinajstić information content (AvgIpc) is 2.65. The van der Waals surface area contributed by atoms with E-state index in [-0.39, 0.29) is 11.4 Å². The summed E-state index contributed by atoms with van der Waals surface area (Å²) in [4.78, 5) is 14.7. The van der Waals surface area contributed by atoms with E-state index in [1.807, 2.05) is 12.1 Å². The number of benzene rings is 1. The van der Waals surface area contributed by atoms with Crippen molar-refractivity contribution in [2.24, 2.45) is 0 Å². The Morgan fingerprint density at radius 3 is 2.62 bits per heavy atom. The molecule has 2 heterocycles. The maximum atomic E-state index is 11.8. The van der Waals surface area contributed by atoms with Crippen LogP contribution in [-0.2, 0) is 21.2 Å². The molecule has 2 fully saturated rings. The lowest BCUT2D eigenvalue weighted by Crippen LogP contribution is -2.62. The Balaban J connectivity index is 1.79. The van der Waals surface area contributed by atoms with Crippen molar-refractivity contribution in [2.75, 3.05) is 12.8 Å². The van der Waals surface area contributed by atoms with Crippen molar-refractivity contribution in [1.82, 2.24) is 10.2 Å². The van der Waals surface area contributed by atoms with E-state index in [9.17, 15) is 13.2 Å². The Kier molecular flexibility index (Phi) is 4.71. The number of amides is 1. The fourth-order valence-corrected chi connectivity index (χ4v) is 4.72. The summed E-state index contributed by atoms with van der Waals surface area (Å²) in [5.41, 5.74) is 0.960. The minimum Gasteiger partial charge on any atom is -0.349 e. The Labute approximate surface area is 144 Å². The second kappa shape index (κ2) is 6.48.